The van der Waals surface area contributed by atoms with Crippen molar-refractivity contribution in [2.45, 2.75) is 46.2 Å². The van der Waals surface area contributed by atoms with Gasteiger partial charge in [0.15, 0.2) is 0 Å². The molecule has 35 heavy (non-hydrogen) atoms. The molecule has 0 aliphatic carbocycles. The fourth-order valence-corrected chi connectivity index (χ4v) is 3.92. The number of esters is 1. The summed E-state index contributed by atoms with van der Waals surface area (Å²) in [4.78, 5) is 38.4. The molecular weight excluding hydrogens is 466 g/mol. The lowest BCUT2D eigenvalue weighted by Gasteiger charge is -2.20. The van der Waals surface area contributed by atoms with E-state index < -0.39 is 18.0 Å². The molecule has 0 saturated carbocycles. The zero-order valence-electron chi connectivity index (χ0n) is 20.1. The summed E-state index contributed by atoms with van der Waals surface area (Å²) in [5, 5.41) is 6.11. The number of urea groups is 1. The SMILES string of the molecule is CCOC(=O)C[C@H](NC(=O)Nc1c(CC)ccn(Cc2ccccc2Cl)c1=O)c1ccc(C)cc1. The number of anilines is 1. The number of pyridine rings is 1. The van der Waals surface area contributed by atoms with Crippen molar-refractivity contribution < 1.29 is 14.3 Å². The van der Waals surface area contributed by atoms with E-state index in [0.29, 0.717) is 17.0 Å². The first-order valence-electron chi connectivity index (χ1n) is 11.6. The van der Waals surface area contributed by atoms with Crippen molar-refractivity contribution >= 4 is 29.3 Å². The second kappa shape index (κ2) is 12.2. The number of nitrogens with one attached hydrogen (secondary N) is 2. The van der Waals surface area contributed by atoms with E-state index in [-0.39, 0.29) is 30.8 Å². The number of aryl methyl sites for hydroxylation is 2. The third-order valence-electron chi connectivity index (χ3n) is 5.63. The predicted octanol–water partition coefficient (Wildman–Crippen LogP) is 5.24. The van der Waals surface area contributed by atoms with Crippen LogP contribution >= 0.6 is 11.6 Å². The van der Waals surface area contributed by atoms with Crippen LogP contribution in [0.25, 0.3) is 0 Å². The van der Waals surface area contributed by atoms with Crippen LogP contribution in [-0.2, 0) is 22.5 Å². The molecule has 1 atom stereocenters. The Hall–Kier alpha value is -3.58. The van der Waals surface area contributed by atoms with Crippen LogP contribution in [-0.4, -0.2) is 23.2 Å². The van der Waals surface area contributed by atoms with Crippen LogP contribution in [0.2, 0.25) is 5.02 Å². The second-order valence-corrected chi connectivity index (χ2v) is 8.57. The number of hydrogen-bond acceptors (Lipinski definition) is 4. The first-order valence-corrected chi connectivity index (χ1v) is 12.0. The fourth-order valence-electron chi connectivity index (χ4n) is 3.72. The highest BCUT2D eigenvalue weighted by atomic mass is 35.5. The molecule has 0 aliphatic rings. The third-order valence-corrected chi connectivity index (χ3v) is 6.00. The van der Waals surface area contributed by atoms with Crippen LogP contribution in [0, 0.1) is 6.92 Å². The van der Waals surface area contributed by atoms with Gasteiger partial charge < -0.3 is 19.9 Å². The Morgan fingerprint density at radius 1 is 1.03 bits per heavy atom. The second-order valence-electron chi connectivity index (χ2n) is 8.16. The standard InChI is InChI=1S/C27H30ClN3O4/c1-4-19-14-15-31(17-21-8-6-7-9-22(21)28)26(33)25(19)30-27(34)29-23(16-24(32)35-5-2)20-12-10-18(3)11-13-20/h6-15,23H,4-5,16-17H2,1-3H3,(H2,29,30,34)/t23-/m0/s1. The molecule has 0 aliphatic heterocycles. The average molecular weight is 496 g/mol. The van der Waals surface area contributed by atoms with Crippen molar-refractivity contribution in [3.05, 3.63) is 98.4 Å². The summed E-state index contributed by atoms with van der Waals surface area (Å²) in [6, 6.07) is 15.4. The molecule has 1 aromatic heterocycles. The summed E-state index contributed by atoms with van der Waals surface area (Å²) < 4.78 is 6.59. The highest BCUT2D eigenvalue weighted by molar-refractivity contribution is 6.31. The zero-order chi connectivity index (χ0) is 25.4. The number of carbonyl (C=O) groups excluding carboxylic acids is 2. The van der Waals surface area contributed by atoms with Crippen molar-refractivity contribution in [3.8, 4) is 0 Å². The molecule has 8 heteroatoms. The van der Waals surface area contributed by atoms with Crippen LogP contribution in [0.4, 0.5) is 10.5 Å². The van der Waals surface area contributed by atoms with E-state index in [1.165, 1.54) is 4.57 Å². The van der Waals surface area contributed by atoms with E-state index in [4.69, 9.17) is 16.3 Å². The summed E-state index contributed by atoms with van der Waals surface area (Å²) in [5.41, 5.74) is 3.18. The Kier molecular flexibility index (Phi) is 9.09. The van der Waals surface area contributed by atoms with Gasteiger partial charge >= 0.3 is 12.0 Å². The molecule has 3 aromatic rings. The number of amides is 2. The molecule has 2 N–H and O–H groups in total. The van der Waals surface area contributed by atoms with Crippen LogP contribution in [0.3, 0.4) is 0 Å². The number of aromatic nitrogens is 1. The first kappa shape index (κ1) is 26.0. The molecular formula is C27H30ClN3O4. The molecule has 2 aromatic carbocycles. The van der Waals surface area contributed by atoms with Gasteiger partial charge in [-0.2, -0.15) is 0 Å². The highest BCUT2D eigenvalue weighted by Gasteiger charge is 2.21. The number of rotatable bonds is 9. The minimum absolute atomic E-state index is 0.0313. The van der Waals surface area contributed by atoms with Gasteiger partial charge in [-0.05, 0) is 49.1 Å². The lowest BCUT2D eigenvalue weighted by molar-refractivity contribution is -0.143. The van der Waals surface area contributed by atoms with Gasteiger partial charge in [-0.15, -0.1) is 0 Å². The van der Waals surface area contributed by atoms with E-state index in [9.17, 15) is 14.4 Å². The molecule has 184 valence electrons. The molecule has 0 radical (unpaired) electrons. The number of carbonyl (C=O) groups is 2. The van der Waals surface area contributed by atoms with Crippen molar-refractivity contribution in [2.75, 3.05) is 11.9 Å². The van der Waals surface area contributed by atoms with Gasteiger partial charge in [0.25, 0.3) is 5.56 Å². The Labute approximate surface area is 210 Å². The van der Waals surface area contributed by atoms with Crippen LogP contribution < -0.4 is 16.2 Å². The Balaban J connectivity index is 1.84. The van der Waals surface area contributed by atoms with Crippen molar-refractivity contribution in [1.29, 1.82) is 0 Å². The molecule has 7 nitrogen and oxygen atoms in total. The molecule has 0 saturated heterocycles. The summed E-state index contributed by atoms with van der Waals surface area (Å²) in [6.45, 7) is 6.12. The topological polar surface area (TPSA) is 89.4 Å². The van der Waals surface area contributed by atoms with Gasteiger partial charge in [0.1, 0.15) is 5.69 Å². The first-order chi connectivity index (χ1) is 16.8. The fraction of sp³-hybridized carbons (Fsp3) is 0.296. The average Bonchev–Trinajstić information content (AvgIpc) is 2.83. The number of nitrogens with zero attached hydrogens (tertiary/aromatic N) is 1. The normalized spacial score (nSPS) is 11.5. The van der Waals surface area contributed by atoms with E-state index in [1.807, 2.05) is 62.4 Å². The zero-order valence-corrected chi connectivity index (χ0v) is 20.9. The smallest absolute Gasteiger partial charge is 0.319 e. The van der Waals surface area contributed by atoms with Crippen molar-refractivity contribution in [3.63, 3.8) is 0 Å². The molecule has 0 unspecified atom stereocenters. The van der Waals surface area contributed by atoms with Gasteiger partial charge in [-0.1, -0.05) is 66.6 Å². The van der Waals surface area contributed by atoms with E-state index in [0.717, 1.165) is 16.7 Å². The van der Waals surface area contributed by atoms with Gasteiger partial charge in [0, 0.05) is 11.2 Å². The van der Waals surface area contributed by atoms with Crippen LogP contribution in [0.15, 0.2) is 65.6 Å². The predicted molar refractivity (Wildman–Crippen MR) is 138 cm³/mol. The summed E-state index contributed by atoms with van der Waals surface area (Å²) in [6.07, 6.45) is 2.22. The highest BCUT2D eigenvalue weighted by Crippen LogP contribution is 2.20. The van der Waals surface area contributed by atoms with Crippen LogP contribution in [0.1, 0.15) is 48.6 Å². The Morgan fingerprint density at radius 2 is 1.74 bits per heavy atom. The number of ether oxygens (including phenoxy) is 1. The molecule has 0 spiro atoms. The van der Waals surface area contributed by atoms with Gasteiger partial charge in [0.05, 0.1) is 25.6 Å². The lowest BCUT2D eigenvalue weighted by Crippen LogP contribution is -2.37. The van der Waals surface area contributed by atoms with Crippen molar-refractivity contribution in [2.24, 2.45) is 0 Å². The van der Waals surface area contributed by atoms with Gasteiger partial charge in [-0.3, -0.25) is 9.59 Å². The number of hydrogen-bond donors (Lipinski definition) is 2. The van der Waals surface area contributed by atoms with Crippen molar-refractivity contribution in [1.82, 2.24) is 9.88 Å². The quantitative estimate of drug-likeness (QED) is 0.397. The Bertz CT molecular complexity index is 1240. The molecule has 1 heterocycles. The lowest BCUT2D eigenvalue weighted by atomic mass is 10.0. The van der Waals surface area contributed by atoms with Crippen LogP contribution in [0.5, 0.6) is 0 Å². The Morgan fingerprint density at radius 3 is 2.40 bits per heavy atom. The molecule has 2 amide bonds. The molecule has 0 fully saturated rings. The maximum atomic E-state index is 13.3. The minimum atomic E-state index is -0.617. The van der Waals surface area contributed by atoms with Gasteiger partial charge in [-0.25, -0.2) is 4.79 Å². The number of benzene rings is 2. The third kappa shape index (κ3) is 6.96. The van der Waals surface area contributed by atoms with E-state index >= 15 is 0 Å². The summed E-state index contributed by atoms with van der Waals surface area (Å²) >= 11 is 6.27. The largest absolute Gasteiger partial charge is 0.466 e. The summed E-state index contributed by atoms with van der Waals surface area (Å²) in [5.74, 6) is -0.422. The van der Waals surface area contributed by atoms with E-state index in [2.05, 4.69) is 10.6 Å². The maximum absolute atomic E-state index is 13.3. The summed E-state index contributed by atoms with van der Waals surface area (Å²) in [7, 11) is 0. The molecule has 0 bridgehead atoms. The monoisotopic (exact) mass is 495 g/mol. The van der Waals surface area contributed by atoms with Gasteiger partial charge in [0.2, 0.25) is 0 Å². The minimum Gasteiger partial charge on any atom is -0.466 e. The number of halogens is 1. The van der Waals surface area contributed by atoms with E-state index in [1.54, 1.807) is 19.2 Å². The maximum Gasteiger partial charge on any atom is 0.319 e. The molecule has 3 rings (SSSR count).